The third kappa shape index (κ3) is 7.40. The van der Waals surface area contributed by atoms with E-state index in [4.69, 9.17) is 5.11 Å². The fourth-order valence-corrected chi connectivity index (χ4v) is 0.610. The summed E-state index contributed by atoms with van der Waals surface area (Å²) in [6.07, 6.45) is 4.84. The Morgan fingerprint density at radius 3 is 2.45 bits per heavy atom. The third-order valence-corrected chi connectivity index (χ3v) is 1.35. The van der Waals surface area contributed by atoms with Gasteiger partial charge in [0.2, 0.25) is 0 Å². The predicted octanol–water partition coefficient (Wildman–Crippen LogP) is 2.63. The van der Waals surface area contributed by atoms with E-state index in [0.29, 0.717) is 5.57 Å². The molecule has 11 heavy (non-hydrogen) atoms. The molecule has 0 saturated heterocycles. The van der Waals surface area contributed by atoms with Crippen molar-refractivity contribution in [2.75, 3.05) is 0 Å². The standard InChI is InChI=1S/C8H14O2.ClH/c1-3-4-5-6-7(2)8(9)10;/h6H,3-5H2,1-2H3,(H,9,10);1H. The molecule has 0 radical (unpaired) electrons. The molecule has 0 aliphatic rings. The van der Waals surface area contributed by atoms with Gasteiger partial charge >= 0.3 is 5.97 Å². The second-order valence-electron chi connectivity index (χ2n) is 2.33. The van der Waals surface area contributed by atoms with Crippen molar-refractivity contribution in [1.29, 1.82) is 0 Å². The van der Waals surface area contributed by atoms with Crippen LogP contribution in [0.15, 0.2) is 11.6 Å². The Morgan fingerprint density at radius 2 is 2.09 bits per heavy atom. The fourth-order valence-electron chi connectivity index (χ4n) is 0.610. The van der Waals surface area contributed by atoms with Crippen molar-refractivity contribution in [2.24, 2.45) is 0 Å². The molecule has 0 bridgehead atoms. The first kappa shape index (κ1) is 13.1. The van der Waals surface area contributed by atoms with Crippen molar-refractivity contribution in [1.82, 2.24) is 0 Å². The van der Waals surface area contributed by atoms with Crippen LogP contribution in [-0.4, -0.2) is 11.1 Å². The van der Waals surface area contributed by atoms with E-state index in [0.717, 1.165) is 19.3 Å². The van der Waals surface area contributed by atoms with E-state index in [1.165, 1.54) is 0 Å². The lowest BCUT2D eigenvalue weighted by Crippen LogP contribution is -1.95. The average Bonchev–Trinajstić information content (AvgIpc) is 1.88. The highest BCUT2D eigenvalue weighted by Gasteiger charge is 1.96. The summed E-state index contributed by atoms with van der Waals surface area (Å²) in [7, 11) is 0. The third-order valence-electron chi connectivity index (χ3n) is 1.35. The van der Waals surface area contributed by atoms with Crippen molar-refractivity contribution in [3.05, 3.63) is 11.6 Å². The second kappa shape index (κ2) is 7.61. The largest absolute Gasteiger partial charge is 0.478 e. The van der Waals surface area contributed by atoms with Gasteiger partial charge in [-0.15, -0.1) is 12.4 Å². The number of aliphatic carboxylic acids is 1. The smallest absolute Gasteiger partial charge is 0.330 e. The van der Waals surface area contributed by atoms with Gasteiger partial charge in [0.1, 0.15) is 0 Å². The molecule has 66 valence electrons. The maximum absolute atomic E-state index is 10.2. The summed E-state index contributed by atoms with van der Waals surface area (Å²) >= 11 is 0. The zero-order valence-corrected chi connectivity index (χ0v) is 7.78. The van der Waals surface area contributed by atoms with Crippen LogP contribution in [0.3, 0.4) is 0 Å². The normalized spacial score (nSPS) is 10.5. The van der Waals surface area contributed by atoms with Crippen LogP contribution < -0.4 is 0 Å². The highest BCUT2D eigenvalue weighted by atomic mass is 35.5. The minimum atomic E-state index is -0.809. The molecule has 0 spiro atoms. The molecule has 2 nitrogen and oxygen atoms in total. The van der Waals surface area contributed by atoms with E-state index >= 15 is 0 Å². The van der Waals surface area contributed by atoms with Crippen LogP contribution in [0.5, 0.6) is 0 Å². The van der Waals surface area contributed by atoms with Gasteiger partial charge < -0.3 is 5.11 Å². The maximum Gasteiger partial charge on any atom is 0.330 e. The maximum atomic E-state index is 10.2. The minimum Gasteiger partial charge on any atom is -0.478 e. The molecule has 0 aliphatic heterocycles. The van der Waals surface area contributed by atoms with Crippen LogP contribution in [0.2, 0.25) is 0 Å². The molecule has 0 aliphatic carbocycles. The summed E-state index contributed by atoms with van der Waals surface area (Å²) in [5.41, 5.74) is 0.452. The Labute approximate surface area is 73.7 Å². The Hall–Kier alpha value is -0.500. The van der Waals surface area contributed by atoms with E-state index < -0.39 is 5.97 Å². The van der Waals surface area contributed by atoms with Crippen molar-refractivity contribution in [3.8, 4) is 0 Å². The quantitative estimate of drug-likeness (QED) is 0.531. The Bertz CT molecular complexity index is 141. The van der Waals surface area contributed by atoms with Gasteiger partial charge in [-0.25, -0.2) is 4.79 Å². The summed E-state index contributed by atoms with van der Waals surface area (Å²) in [4.78, 5) is 10.2. The van der Waals surface area contributed by atoms with Gasteiger partial charge in [0.05, 0.1) is 0 Å². The molecular formula is C8H15ClO2. The Kier molecular flexibility index (Phi) is 9.07. The number of carbonyl (C=O) groups is 1. The summed E-state index contributed by atoms with van der Waals surface area (Å²) in [5, 5.41) is 8.41. The summed E-state index contributed by atoms with van der Waals surface area (Å²) in [6, 6.07) is 0. The number of carboxylic acids is 1. The molecule has 0 heterocycles. The first-order valence-corrected chi connectivity index (χ1v) is 3.58. The molecule has 0 amide bonds. The molecule has 0 unspecified atom stereocenters. The molecule has 3 heteroatoms. The molecule has 0 aromatic carbocycles. The van der Waals surface area contributed by atoms with Gasteiger partial charge in [0.25, 0.3) is 0 Å². The average molecular weight is 179 g/mol. The van der Waals surface area contributed by atoms with Gasteiger partial charge in [0.15, 0.2) is 0 Å². The predicted molar refractivity (Wildman–Crippen MR) is 48.2 cm³/mol. The highest BCUT2D eigenvalue weighted by molar-refractivity contribution is 5.85. The Morgan fingerprint density at radius 1 is 1.55 bits per heavy atom. The van der Waals surface area contributed by atoms with Crippen molar-refractivity contribution < 1.29 is 9.90 Å². The monoisotopic (exact) mass is 178 g/mol. The number of rotatable bonds is 4. The van der Waals surface area contributed by atoms with Crippen molar-refractivity contribution in [2.45, 2.75) is 33.1 Å². The van der Waals surface area contributed by atoms with Crippen LogP contribution in [0.1, 0.15) is 33.1 Å². The van der Waals surface area contributed by atoms with Crippen molar-refractivity contribution >= 4 is 18.4 Å². The lowest BCUT2D eigenvalue weighted by atomic mass is 10.2. The van der Waals surface area contributed by atoms with Gasteiger partial charge in [-0.2, -0.15) is 0 Å². The number of carboxylic acid groups (broad SMARTS) is 1. The number of halogens is 1. The molecular weight excluding hydrogens is 164 g/mol. The van der Waals surface area contributed by atoms with E-state index in [9.17, 15) is 4.79 Å². The SMILES string of the molecule is CCCCC=C(C)C(=O)O.Cl. The molecule has 1 N–H and O–H groups in total. The van der Waals surface area contributed by atoms with Gasteiger partial charge in [0, 0.05) is 5.57 Å². The summed E-state index contributed by atoms with van der Waals surface area (Å²) < 4.78 is 0. The molecule has 0 atom stereocenters. The van der Waals surface area contributed by atoms with Crippen molar-refractivity contribution in [3.63, 3.8) is 0 Å². The number of hydrogen-bond acceptors (Lipinski definition) is 1. The van der Waals surface area contributed by atoms with Crippen LogP contribution in [0, 0.1) is 0 Å². The topological polar surface area (TPSA) is 37.3 Å². The van der Waals surface area contributed by atoms with Gasteiger partial charge in [-0.05, 0) is 13.3 Å². The Balaban J connectivity index is 0. The number of unbranched alkanes of at least 4 members (excludes halogenated alkanes) is 2. The molecule has 0 saturated carbocycles. The van der Waals surface area contributed by atoms with Crippen LogP contribution in [0.25, 0.3) is 0 Å². The first-order chi connectivity index (χ1) is 4.68. The highest BCUT2D eigenvalue weighted by Crippen LogP contribution is 2.00. The molecule has 0 rings (SSSR count). The van der Waals surface area contributed by atoms with E-state index in [2.05, 4.69) is 6.92 Å². The molecule has 0 aromatic rings. The van der Waals surface area contributed by atoms with Gasteiger partial charge in [-0.3, -0.25) is 0 Å². The summed E-state index contributed by atoms with van der Waals surface area (Å²) in [5.74, 6) is -0.809. The van der Waals surface area contributed by atoms with Crippen LogP contribution >= 0.6 is 12.4 Å². The summed E-state index contributed by atoms with van der Waals surface area (Å²) in [6.45, 7) is 3.71. The van der Waals surface area contributed by atoms with E-state index in [-0.39, 0.29) is 12.4 Å². The lowest BCUT2D eigenvalue weighted by Gasteiger charge is -1.91. The second-order valence-corrected chi connectivity index (χ2v) is 2.33. The molecule has 0 aromatic heterocycles. The molecule has 0 fully saturated rings. The zero-order chi connectivity index (χ0) is 7.98. The zero-order valence-electron chi connectivity index (χ0n) is 6.96. The number of hydrogen-bond donors (Lipinski definition) is 1. The van der Waals surface area contributed by atoms with Crippen LogP contribution in [0.4, 0.5) is 0 Å². The van der Waals surface area contributed by atoms with E-state index in [1.807, 2.05) is 0 Å². The minimum absolute atomic E-state index is 0. The number of allylic oxidation sites excluding steroid dienone is 1. The fraction of sp³-hybridized carbons (Fsp3) is 0.625. The van der Waals surface area contributed by atoms with Gasteiger partial charge in [-0.1, -0.05) is 25.8 Å². The lowest BCUT2D eigenvalue weighted by molar-refractivity contribution is -0.132. The van der Waals surface area contributed by atoms with Crippen LogP contribution in [-0.2, 0) is 4.79 Å². The van der Waals surface area contributed by atoms with E-state index in [1.54, 1.807) is 13.0 Å². The first-order valence-electron chi connectivity index (χ1n) is 3.58.